The molecule has 0 radical (unpaired) electrons. The number of benzene rings is 1. The molecule has 1 aliphatic rings. The van der Waals surface area contributed by atoms with E-state index in [1.54, 1.807) is 12.0 Å². The second-order valence-corrected chi connectivity index (χ2v) is 4.46. The number of methoxy groups -OCH3 is 1. The van der Waals surface area contributed by atoms with Crippen LogP contribution in [0.2, 0.25) is 0 Å². The van der Waals surface area contributed by atoms with Crippen LogP contribution in [0.4, 0.5) is 11.4 Å². The summed E-state index contributed by atoms with van der Waals surface area (Å²) < 4.78 is 5.05. The number of nitrogens with one attached hydrogen (secondary N) is 2. The zero-order chi connectivity index (χ0) is 13.7. The number of anilines is 2. The van der Waals surface area contributed by atoms with Crippen LogP contribution in [0, 0.1) is 0 Å². The average Bonchev–Trinajstić information content (AvgIpc) is 2.47. The molecule has 0 aromatic heterocycles. The lowest BCUT2D eigenvalue weighted by Gasteiger charge is -2.26. The molecule has 104 valence electrons. The molecule has 2 N–H and O–H groups in total. The summed E-state index contributed by atoms with van der Waals surface area (Å²) in [6.45, 7) is 5.55. The van der Waals surface area contributed by atoms with E-state index in [0.29, 0.717) is 19.7 Å². The molecule has 0 spiro atoms. The summed E-state index contributed by atoms with van der Waals surface area (Å²) in [7, 11) is 1.65. The van der Waals surface area contributed by atoms with Gasteiger partial charge < -0.3 is 20.3 Å². The zero-order valence-electron chi connectivity index (χ0n) is 11.5. The number of carbonyl (C=O) groups excluding carboxylic acids is 1. The second-order valence-electron chi connectivity index (χ2n) is 4.46. The van der Waals surface area contributed by atoms with Crippen LogP contribution in [0.5, 0.6) is 0 Å². The van der Waals surface area contributed by atoms with Crippen molar-refractivity contribution < 1.29 is 9.53 Å². The molecule has 2 rings (SSSR count). The molecule has 0 bridgehead atoms. The summed E-state index contributed by atoms with van der Waals surface area (Å²) in [6, 6.07) is 5.77. The molecule has 0 unspecified atom stereocenters. The van der Waals surface area contributed by atoms with Crippen molar-refractivity contribution in [2.75, 3.05) is 50.5 Å². The van der Waals surface area contributed by atoms with Crippen LogP contribution in [-0.4, -0.2) is 50.7 Å². The maximum atomic E-state index is 12.6. The molecule has 0 saturated carbocycles. The molecular formula is C14H21N3O2. The van der Waals surface area contributed by atoms with Crippen molar-refractivity contribution in [2.45, 2.75) is 6.92 Å². The van der Waals surface area contributed by atoms with E-state index in [2.05, 4.69) is 10.6 Å². The van der Waals surface area contributed by atoms with E-state index in [4.69, 9.17) is 4.74 Å². The standard InChI is InChI=1S/C14H21N3O2/c1-3-17(9-10-19-2)14(18)11-5-4-6-12-13(11)16-8-7-15-12/h4-6,15-16H,3,7-10H2,1-2H3. The molecule has 0 fully saturated rings. The second kappa shape index (κ2) is 6.43. The topological polar surface area (TPSA) is 53.6 Å². The van der Waals surface area contributed by atoms with Gasteiger partial charge in [-0.05, 0) is 19.1 Å². The minimum atomic E-state index is 0.0487. The highest BCUT2D eigenvalue weighted by Gasteiger charge is 2.20. The molecule has 19 heavy (non-hydrogen) atoms. The van der Waals surface area contributed by atoms with Gasteiger partial charge in [-0.2, -0.15) is 0 Å². The van der Waals surface area contributed by atoms with Crippen molar-refractivity contribution in [3.05, 3.63) is 23.8 Å². The lowest BCUT2D eigenvalue weighted by atomic mass is 10.1. The Hall–Kier alpha value is -1.75. The van der Waals surface area contributed by atoms with E-state index in [-0.39, 0.29) is 5.91 Å². The lowest BCUT2D eigenvalue weighted by molar-refractivity contribution is 0.0707. The minimum absolute atomic E-state index is 0.0487. The quantitative estimate of drug-likeness (QED) is 0.848. The lowest BCUT2D eigenvalue weighted by Crippen LogP contribution is -2.35. The van der Waals surface area contributed by atoms with E-state index in [1.165, 1.54) is 0 Å². The van der Waals surface area contributed by atoms with Gasteiger partial charge in [0.25, 0.3) is 5.91 Å². The van der Waals surface area contributed by atoms with Crippen molar-refractivity contribution >= 4 is 17.3 Å². The zero-order valence-corrected chi connectivity index (χ0v) is 11.5. The van der Waals surface area contributed by atoms with E-state index in [9.17, 15) is 4.79 Å². The predicted octanol–water partition coefficient (Wildman–Crippen LogP) is 1.63. The summed E-state index contributed by atoms with van der Waals surface area (Å²) in [6.07, 6.45) is 0. The van der Waals surface area contributed by atoms with Crippen LogP contribution in [-0.2, 0) is 4.74 Å². The number of rotatable bonds is 5. The van der Waals surface area contributed by atoms with Crippen LogP contribution < -0.4 is 10.6 Å². The molecule has 1 aromatic carbocycles. The summed E-state index contributed by atoms with van der Waals surface area (Å²) in [5.74, 6) is 0.0487. The van der Waals surface area contributed by atoms with Crippen LogP contribution >= 0.6 is 0 Å². The summed E-state index contributed by atoms with van der Waals surface area (Å²) in [5.41, 5.74) is 2.64. The summed E-state index contributed by atoms with van der Waals surface area (Å²) in [4.78, 5) is 14.4. The number of para-hydroxylation sites is 1. The van der Waals surface area contributed by atoms with Gasteiger partial charge in [0.15, 0.2) is 0 Å². The van der Waals surface area contributed by atoms with Crippen LogP contribution in [0.1, 0.15) is 17.3 Å². The molecule has 1 aliphatic heterocycles. The van der Waals surface area contributed by atoms with Gasteiger partial charge in [-0.25, -0.2) is 0 Å². The van der Waals surface area contributed by atoms with Crippen molar-refractivity contribution in [3.8, 4) is 0 Å². The molecule has 0 atom stereocenters. The number of carbonyl (C=O) groups is 1. The highest BCUT2D eigenvalue weighted by atomic mass is 16.5. The Labute approximate surface area is 113 Å². The van der Waals surface area contributed by atoms with Gasteiger partial charge in [-0.15, -0.1) is 0 Å². The van der Waals surface area contributed by atoms with Gasteiger partial charge >= 0.3 is 0 Å². The SMILES string of the molecule is CCN(CCOC)C(=O)c1cccc2c1NCCN2. The number of hydrogen-bond acceptors (Lipinski definition) is 4. The number of nitrogens with zero attached hydrogens (tertiary/aromatic N) is 1. The largest absolute Gasteiger partial charge is 0.383 e. The first kappa shape index (κ1) is 13.7. The van der Waals surface area contributed by atoms with Crippen molar-refractivity contribution in [1.29, 1.82) is 0 Å². The van der Waals surface area contributed by atoms with Gasteiger partial charge in [0, 0.05) is 33.3 Å². The monoisotopic (exact) mass is 263 g/mol. The molecule has 1 aromatic rings. The average molecular weight is 263 g/mol. The Balaban J connectivity index is 2.22. The van der Waals surface area contributed by atoms with E-state index in [0.717, 1.165) is 30.0 Å². The third-order valence-electron chi connectivity index (χ3n) is 3.27. The van der Waals surface area contributed by atoms with Crippen LogP contribution in [0.25, 0.3) is 0 Å². The van der Waals surface area contributed by atoms with Crippen molar-refractivity contribution in [3.63, 3.8) is 0 Å². The highest BCUT2D eigenvalue weighted by Crippen LogP contribution is 2.29. The Bertz CT molecular complexity index is 448. The molecule has 1 heterocycles. The third kappa shape index (κ3) is 2.98. The number of likely N-dealkylation sites (N-methyl/N-ethyl adjacent to an activating group) is 1. The molecule has 5 heteroatoms. The van der Waals surface area contributed by atoms with Crippen molar-refractivity contribution in [1.82, 2.24) is 4.90 Å². The summed E-state index contributed by atoms with van der Waals surface area (Å²) in [5, 5.41) is 6.61. The normalized spacial score (nSPS) is 13.2. The molecule has 5 nitrogen and oxygen atoms in total. The van der Waals surface area contributed by atoms with Gasteiger partial charge in [0.1, 0.15) is 0 Å². The highest BCUT2D eigenvalue weighted by molar-refractivity contribution is 6.02. The third-order valence-corrected chi connectivity index (χ3v) is 3.27. The molecule has 1 amide bonds. The predicted molar refractivity (Wildman–Crippen MR) is 76.9 cm³/mol. The maximum absolute atomic E-state index is 12.6. The van der Waals surface area contributed by atoms with Gasteiger partial charge in [0.05, 0.1) is 23.5 Å². The molecular weight excluding hydrogens is 242 g/mol. The number of amides is 1. The smallest absolute Gasteiger partial charge is 0.256 e. The number of hydrogen-bond donors (Lipinski definition) is 2. The first-order valence-electron chi connectivity index (χ1n) is 6.67. The molecule has 0 saturated heterocycles. The first-order chi connectivity index (χ1) is 9.27. The maximum Gasteiger partial charge on any atom is 0.256 e. The number of fused-ring (bicyclic) bond motifs is 1. The molecule has 0 aliphatic carbocycles. The van der Waals surface area contributed by atoms with Gasteiger partial charge in [0.2, 0.25) is 0 Å². The fourth-order valence-corrected chi connectivity index (χ4v) is 2.23. The minimum Gasteiger partial charge on any atom is -0.383 e. The number of ether oxygens (including phenoxy) is 1. The van der Waals surface area contributed by atoms with Gasteiger partial charge in [-0.3, -0.25) is 4.79 Å². The van der Waals surface area contributed by atoms with E-state index in [1.807, 2.05) is 25.1 Å². The first-order valence-corrected chi connectivity index (χ1v) is 6.67. The van der Waals surface area contributed by atoms with E-state index < -0.39 is 0 Å². The summed E-state index contributed by atoms with van der Waals surface area (Å²) >= 11 is 0. The Morgan fingerprint density at radius 2 is 2.16 bits per heavy atom. The fraction of sp³-hybridized carbons (Fsp3) is 0.500. The fourth-order valence-electron chi connectivity index (χ4n) is 2.23. The van der Waals surface area contributed by atoms with Crippen LogP contribution in [0.3, 0.4) is 0 Å². The Morgan fingerprint density at radius 1 is 1.37 bits per heavy atom. The Kier molecular flexibility index (Phi) is 4.63. The van der Waals surface area contributed by atoms with Crippen LogP contribution in [0.15, 0.2) is 18.2 Å². The van der Waals surface area contributed by atoms with Gasteiger partial charge in [-0.1, -0.05) is 6.07 Å². The van der Waals surface area contributed by atoms with E-state index >= 15 is 0 Å². The van der Waals surface area contributed by atoms with Crippen molar-refractivity contribution in [2.24, 2.45) is 0 Å². The Morgan fingerprint density at radius 3 is 2.89 bits per heavy atom.